The predicted molar refractivity (Wildman–Crippen MR) is 207 cm³/mol. The normalized spacial score (nSPS) is 20.8. The van der Waals surface area contributed by atoms with Gasteiger partial charge in [-0.05, 0) is 87.9 Å². The second-order valence-corrected chi connectivity index (χ2v) is 15.4. The molecule has 8 rings (SSSR count). The Labute approximate surface area is 315 Å². The molecule has 1 unspecified atom stereocenters. The van der Waals surface area contributed by atoms with E-state index >= 15 is 0 Å². The molecule has 282 valence electrons. The molecule has 4 fully saturated rings. The lowest BCUT2D eigenvalue weighted by Crippen LogP contribution is -2.53. The number of amides is 2. The van der Waals surface area contributed by atoms with Crippen molar-refractivity contribution < 1.29 is 14.4 Å². The van der Waals surface area contributed by atoms with Crippen LogP contribution in [0.1, 0.15) is 97.3 Å². The Kier molecular flexibility index (Phi) is 10.3. The summed E-state index contributed by atoms with van der Waals surface area (Å²) in [5.74, 6) is 0.145. The van der Waals surface area contributed by atoms with Crippen LogP contribution in [0.15, 0.2) is 53.6 Å². The van der Waals surface area contributed by atoms with Gasteiger partial charge in [-0.15, -0.1) is 0 Å². The highest BCUT2D eigenvalue weighted by Crippen LogP contribution is 2.32. The number of nitrogens with zero attached hydrogens (tertiary/aromatic N) is 7. The lowest BCUT2D eigenvalue weighted by Gasteiger charge is -2.43. The Bertz CT molecular complexity index is 2110. The van der Waals surface area contributed by atoms with E-state index in [0.29, 0.717) is 41.9 Å². The summed E-state index contributed by atoms with van der Waals surface area (Å²) in [7, 11) is 0. The highest BCUT2D eigenvalue weighted by atomic mass is 16.2. The van der Waals surface area contributed by atoms with E-state index in [-0.39, 0.29) is 40.7 Å². The van der Waals surface area contributed by atoms with Crippen LogP contribution in [0.4, 0.5) is 17.5 Å². The van der Waals surface area contributed by atoms with Gasteiger partial charge in [0.25, 0.3) is 5.56 Å². The largest absolute Gasteiger partial charge is 0.368 e. The molecule has 13 heteroatoms. The van der Waals surface area contributed by atoms with Crippen LogP contribution in [-0.4, -0.2) is 92.2 Å². The summed E-state index contributed by atoms with van der Waals surface area (Å²) in [4.78, 5) is 71.6. The number of aryl methyl sites for hydroxylation is 1. The van der Waals surface area contributed by atoms with Gasteiger partial charge < -0.3 is 10.2 Å². The van der Waals surface area contributed by atoms with Crippen molar-refractivity contribution in [3.05, 3.63) is 81.4 Å². The number of rotatable bonds is 9. The molecular weight excluding hydrogens is 683 g/mol. The van der Waals surface area contributed by atoms with Crippen molar-refractivity contribution in [1.82, 2.24) is 34.6 Å². The van der Waals surface area contributed by atoms with Crippen molar-refractivity contribution in [1.29, 1.82) is 0 Å². The van der Waals surface area contributed by atoms with E-state index in [1.165, 1.54) is 12.5 Å². The molecule has 54 heavy (non-hydrogen) atoms. The molecule has 4 aliphatic rings. The Morgan fingerprint density at radius 3 is 2.37 bits per heavy atom. The van der Waals surface area contributed by atoms with Gasteiger partial charge >= 0.3 is 0 Å². The van der Waals surface area contributed by atoms with E-state index in [4.69, 9.17) is 9.97 Å². The van der Waals surface area contributed by atoms with E-state index in [2.05, 4.69) is 48.5 Å². The first-order valence-corrected chi connectivity index (χ1v) is 19.5. The van der Waals surface area contributed by atoms with Crippen LogP contribution in [0.5, 0.6) is 0 Å². The summed E-state index contributed by atoms with van der Waals surface area (Å²) in [6, 6.07) is 12.9. The predicted octanol–water partition coefficient (Wildman–Crippen LogP) is 4.86. The number of pyridine rings is 2. The molecule has 2 amide bonds. The third-order valence-corrected chi connectivity index (χ3v) is 12.0. The van der Waals surface area contributed by atoms with Crippen molar-refractivity contribution in [2.75, 3.05) is 49.5 Å². The van der Waals surface area contributed by atoms with Crippen molar-refractivity contribution in [2.45, 2.75) is 89.8 Å². The number of piperidine rings is 2. The summed E-state index contributed by atoms with van der Waals surface area (Å²) in [6.45, 7) is 10.1. The zero-order valence-corrected chi connectivity index (χ0v) is 31.2. The van der Waals surface area contributed by atoms with E-state index < -0.39 is 0 Å². The molecule has 3 aliphatic heterocycles. The Hall–Kier alpha value is -5.01. The molecule has 1 aromatic carbocycles. The zero-order valence-electron chi connectivity index (χ0n) is 31.2. The molecule has 0 bridgehead atoms. The second-order valence-electron chi connectivity index (χ2n) is 15.4. The standard InChI is InChI=1S/C41H49N9O4/c1-26-34-24-43-41(46-38(34)50(31-8-3-4-9-31)40(54)37(26)27(2)51)44-35-12-10-32(23-42-35)49-20-18-48(19-21-49)30-14-16-47(17-15-30)25-28-6-5-7-29(22-28)33-11-13-36(52)45-39(33)53/h5-7,10,12,22-24,30-31,33H,3-4,8-9,11,13-21,25H2,1-2H3,(H,45,52,53)(H,42,43,44,46). The van der Waals surface area contributed by atoms with Crippen LogP contribution in [-0.2, 0) is 16.1 Å². The number of likely N-dealkylation sites (tertiary alicyclic amines) is 1. The first-order valence-electron chi connectivity index (χ1n) is 19.5. The topological polar surface area (TPSA) is 146 Å². The fraction of sp³-hybridized carbons (Fsp3) is 0.488. The summed E-state index contributed by atoms with van der Waals surface area (Å²) < 4.78 is 1.73. The molecule has 0 radical (unpaired) electrons. The first-order chi connectivity index (χ1) is 26.2. The average Bonchev–Trinajstić information content (AvgIpc) is 3.70. The average molecular weight is 732 g/mol. The third kappa shape index (κ3) is 7.39. The number of carbonyl (C=O) groups excluding carboxylic acids is 3. The van der Waals surface area contributed by atoms with E-state index in [9.17, 15) is 19.2 Å². The fourth-order valence-corrected chi connectivity index (χ4v) is 9.04. The number of Topliss-reactive ketones (excluding diaryl/α,β-unsaturated/α-hetero) is 1. The lowest BCUT2D eigenvalue weighted by atomic mass is 9.89. The summed E-state index contributed by atoms with van der Waals surface area (Å²) in [6.07, 6.45) is 10.7. The van der Waals surface area contributed by atoms with Crippen molar-refractivity contribution in [3.63, 3.8) is 0 Å². The number of fused-ring (bicyclic) bond motifs is 1. The smallest absolute Gasteiger partial charge is 0.263 e. The molecule has 1 aliphatic carbocycles. The maximum absolute atomic E-state index is 13.6. The third-order valence-electron chi connectivity index (χ3n) is 12.0. The van der Waals surface area contributed by atoms with E-state index in [1.54, 1.807) is 17.7 Å². The van der Waals surface area contributed by atoms with Crippen LogP contribution < -0.4 is 21.1 Å². The maximum Gasteiger partial charge on any atom is 0.263 e. The van der Waals surface area contributed by atoms with Crippen molar-refractivity contribution in [3.8, 4) is 0 Å². The van der Waals surface area contributed by atoms with Gasteiger partial charge in [-0.2, -0.15) is 4.98 Å². The van der Waals surface area contributed by atoms with E-state index in [1.807, 2.05) is 24.4 Å². The number of anilines is 3. The Balaban J connectivity index is 0.846. The lowest BCUT2D eigenvalue weighted by molar-refractivity contribution is -0.134. The second kappa shape index (κ2) is 15.4. The number of carbonyl (C=O) groups is 3. The minimum atomic E-state index is -0.261. The number of benzene rings is 1. The van der Waals surface area contributed by atoms with E-state index in [0.717, 1.165) is 101 Å². The van der Waals surface area contributed by atoms with Crippen molar-refractivity contribution in [2.24, 2.45) is 0 Å². The van der Waals surface area contributed by atoms with Gasteiger partial charge in [0.05, 0.1) is 23.4 Å². The van der Waals surface area contributed by atoms with Gasteiger partial charge in [0.15, 0.2) is 5.78 Å². The molecule has 1 saturated carbocycles. The minimum Gasteiger partial charge on any atom is -0.368 e. The molecule has 2 N–H and O–H groups in total. The summed E-state index contributed by atoms with van der Waals surface area (Å²) in [5.41, 5.74) is 4.45. The molecule has 0 spiro atoms. The highest BCUT2D eigenvalue weighted by Gasteiger charge is 2.30. The summed E-state index contributed by atoms with van der Waals surface area (Å²) in [5, 5.41) is 6.44. The molecule has 1 atom stereocenters. The number of nitrogens with one attached hydrogen (secondary N) is 2. The number of aromatic nitrogens is 4. The van der Waals surface area contributed by atoms with Crippen LogP contribution >= 0.6 is 0 Å². The number of hydrogen-bond acceptors (Lipinski definition) is 11. The summed E-state index contributed by atoms with van der Waals surface area (Å²) >= 11 is 0. The van der Waals surface area contributed by atoms with Crippen LogP contribution in [0.25, 0.3) is 11.0 Å². The number of imide groups is 1. The number of hydrogen-bond donors (Lipinski definition) is 2. The molecule has 6 heterocycles. The highest BCUT2D eigenvalue weighted by molar-refractivity contribution is 6.01. The van der Waals surface area contributed by atoms with Crippen LogP contribution in [0.3, 0.4) is 0 Å². The quantitative estimate of drug-likeness (QED) is 0.180. The van der Waals surface area contributed by atoms with Gasteiger partial charge in [-0.25, -0.2) is 9.97 Å². The Morgan fingerprint density at radius 2 is 1.67 bits per heavy atom. The van der Waals surface area contributed by atoms with Gasteiger partial charge in [0.2, 0.25) is 17.8 Å². The monoisotopic (exact) mass is 731 g/mol. The van der Waals surface area contributed by atoms with Crippen LogP contribution in [0.2, 0.25) is 0 Å². The van der Waals surface area contributed by atoms with Gasteiger partial charge in [-0.3, -0.25) is 38.9 Å². The number of ketones is 1. The van der Waals surface area contributed by atoms with Crippen molar-refractivity contribution >= 4 is 46.1 Å². The Morgan fingerprint density at radius 1 is 0.889 bits per heavy atom. The minimum absolute atomic E-state index is 0.0237. The molecule has 3 saturated heterocycles. The first kappa shape index (κ1) is 36.0. The van der Waals surface area contributed by atoms with Gasteiger partial charge in [0.1, 0.15) is 11.5 Å². The molecule has 4 aromatic rings. The molecule has 13 nitrogen and oxygen atoms in total. The maximum atomic E-state index is 13.6. The molecule has 3 aromatic heterocycles. The van der Waals surface area contributed by atoms with Gasteiger partial charge in [-0.1, -0.05) is 37.1 Å². The van der Waals surface area contributed by atoms with Crippen LogP contribution in [0, 0.1) is 6.92 Å². The SMILES string of the molecule is CC(=O)c1c(C)c2cnc(Nc3ccc(N4CCN(C5CCN(Cc6cccc(C7CCC(=O)NC7=O)c6)CC5)CC4)cn3)nc2n(C2CCCC2)c1=O. The fourth-order valence-electron chi connectivity index (χ4n) is 9.04. The van der Waals surface area contributed by atoms with Gasteiger partial charge in [0, 0.05) is 62.8 Å². The number of piperazine rings is 1. The zero-order chi connectivity index (χ0) is 37.3. The molecular formula is C41H49N9O4.